The number of nitrogens with zero attached hydrogens (tertiary/aromatic N) is 2. The van der Waals surface area contributed by atoms with E-state index in [1.54, 1.807) is 50.2 Å². The van der Waals surface area contributed by atoms with Crippen LogP contribution in [0.4, 0.5) is 5.13 Å². The molecule has 1 saturated heterocycles. The number of methoxy groups -OCH3 is 4. The van der Waals surface area contributed by atoms with Gasteiger partial charge in [0.1, 0.15) is 16.4 Å². The summed E-state index contributed by atoms with van der Waals surface area (Å²) in [4.78, 5) is 45.0. The molecule has 1 aliphatic heterocycles. The monoisotopic (exact) mass is 538 g/mol. The molecule has 1 atom stereocenters. The number of carbonyl (C=O) groups excluding carboxylic acids is 3. The molecule has 198 valence electrons. The second kappa shape index (κ2) is 10.5. The van der Waals surface area contributed by atoms with Crippen molar-refractivity contribution in [1.29, 1.82) is 0 Å². The SMILES string of the molecule is COC(=O)c1sc(N2C(=O)C(=O)C(=C(O)c3ccc(OC)cc3C)[C@@H]2c2ccc(OC)c(OC)c2)nc1C. The summed E-state index contributed by atoms with van der Waals surface area (Å²) in [6.07, 6.45) is 0. The summed E-state index contributed by atoms with van der Waals surface area (Å²) in [5, 5.41) is 11.6. The number of aliphatic hydroxyl groups is 1. The van der Waals surface area contributed by atoms with Gasteiger partial charge in [-0.1, -0.05) is 17.4 Å². The van der Waals surface area contributed by atoms with Crippen molar-refractivity contribution in [3.05, 3.63) is 69.2 Å². The molecule has 0 bridgehead atoms. The van der Waals surface area contributed by atoms with E-state index in [0.29, 0.717) is 39.6 Å². The maximum atomic E-state index is 13.5. The first kappa shape index (κ1) is 26.7. The number of rotatable bonds is 7. The van der Waals surface area contributed by atoms with E-state index < -0.39 is 23.7 Å². The third kappa shape index (κ3) is 4.45. The first-order valence-electron chi connectivity index (χ1n) is 11.4. The minimum absolute atomic E-state index is 0.107. The number of Topliss-reactive ketones (excluding diaryl/α,β-unsaturated/α-hetero) is 1. The molecule has 2 aromatic carbocycles. The number of anilines is 1. The Morgan fingerprint density at radius 1 is 0.974 bits per heavy atom. The molecule has 1 aliphatic rings. The highest BCUT2D eigenvalue weighted by Gasteiger charge is 2.48. The molecule has 0 aliphatic carbocycles. The van der Waals surface area contributed by atoms with Gasteiger partial charge in [0.2, 0.25) is 0 Å². The minimum atomic E-state index is -1.08. The van der Waals surface area contributed by atoms with Gasteiger partial charge in [0.15, 0.2) is 16.6 Å². The Balaban J connectivity index is 1.98. The van der Waals surface area contributed by atoms with Crippen LogP contribution in [0, 0.1) is 13.8 Å². The quantitative estimate of drug-likeness (QED) is 0.204. The molecule has 2 heterocycles. The molecule has 0 spiro atoms. The second-order valence-electron chi connectivity index (χ2n) is 8.37. The molecule has 38 heavy (non-hydrogen) atoms. The van der Waals surface area contributed by atoms with E-state index in [2.05, 4.69) is 4.98 Å². The van der Waals surface area contributed by atoms with Crippen molar-refractivity contribution < 1.29 is 38.4 Å². The molecular weight excluding hydrogens is 512 g/mol. The predicted molar refractivity (Wildman–Crippen MR) is 140 cm³/mol. The lowest BCUT2D eigenvalue weighted by Crippen LogP contribution is -2.29. The number of ketones is 1. The van der Waals surface area contributed by atoms with Gasteiger partial charge < -0.3 is 24.1 Å². The van der Waals surface area contributed by atoms with Crippen LogP contribution >= 0.6 is 11.3 Å². The van der Waals surface area contributed by atoms with E-state index in [4.69, 9.17) is 18.9 Å². The molecule has 10 nitrogen and oxygen atoms in total. The number of hydrogen-bond acceptors (Lipinski definition) is 10. The van der Waals surface area contributed by atoms with Crippen LogP contribution < -0.4 is 19.1 Å². The van der Waals surface area contributed by atoms with Crippen LogP contribution in [0.5, 0.6) is 17.2 Å². The highest BCUT2D eigenvalue weighted by atomic mass is 32.1. The van der Waals surface area contributed by atoms with Gasteiger partial charge in [0.05, 0.1) is 45.7 Å². The number of ether oxygens (including phenoxy) is 4. The third-order valence-corrected chi connectivity index (χ3v) is 7.36. The van der Waals surface area contributed by atoms with Crippen LogP contribution in [0.25, 0.3) is 5.76 Å². The van der Waals surface area contributed by atoms with Crippen LogP contribution in [0.1, 0.15) is 38.1 Å². The number of esters is 1. The number of hydrogen-bond donors (Lipinski definition) is 1. The lowest BCUT2D eigenvalue weighted by atomic mass is 9.93. The van der Waals surface area contributed by atoms with Crippen molar-refractivity contribution >= 4 is 39.9 Å². The second-order valence-corrected chi connectivity index (χ2v) is 9.34. The summed E-state index contributed by atoms with van der Waals surface area (Å²) in [5.41, 5.74) is 1.66. The Bertz CT molecular complexity index is 1480. The molecule has 0 saturated carbocycles. The van der Waals surface area contributed by atoms with Crippen LogP contribution in [0.15, 0.2) is 42.0 Å². The van der Waals surface area contributed by atoms with Crippen molar-refractivity contribution in [2.24, 2.45) is 0 Å². The molecule has 3 aromatic rings. The third-order valence-electron chi connectivity index (χ3n) is 6.22. The number of aryl methyl sites for hydroxylation is 2. The van der Waals surface area contributed by atoms with Crippen molar-refractivity contribution in [2.45, 2.75) is 19.9 Å². The first-order chi connectivity index (χ1) is 18.2. The summed E-state index contributed by atoms with van der Waals surface area (Å²) in [7, 11) is 5.72. The van der Waals surface area contributed by atoms with Crippen molar-refractivity contribution in [1.82, 2.24) is 4.98 Å². The lowest BCUT2D eigenvalue weighted by Gasteiger charge is -2.24. The fourth-order valence-electron chi connectivity index (χ4n) is 4.31. The highest BCUT2D eigenvalue weighted by molar-refractivity contribution is 7.17. The van der Waals surface area contributed by atoms with Crippen LogP contribution in [-0.4, -0.2) is 56.2 Å². The summed E-state index contributed by atoms with van der Waals surface area (Å²) in [5.74, 6) is -1.39. The summed E-state index contributed by atoms with van der Waals surface area (Å²) in [6.45, 7) is 3.36. The molecular formula is C27H26N2O8S. The average molecular weight is 539 g/mol. The number of carbonyl (C=O) groups is 3. The fourth-order valence-corrected chi connectivity index (χ4v) is 5.32. The minimum Gasteiger partial charge on any atom is -0.507 e. The van der Waals surface area contributed by atoms with E-state index in [0.717, 1.165) is 11.3 Å². The Morgan fingerprint density at radius 3 is 2.29 bits per heavy atom. The smallest absolute Gasteiger partial charge is 0.350 e. The number of benzene rings is 2. The molecule has 0 unspecified atom stereocenters. The normalized spacial score (nSPS) is 16.5. The topological polar surface area (TPSA) is 124 Å². The molecule has 0 radical (unpaired) electrons. The highest BCUT2D eigenvalue weighted by Crippen LogP contribution is 2.45. The van der Waals surface area contributed by atoms with Gasteiger partial charge in [-0.25, -0.2) is 9.78 Å². The van der Waals surface area contributed by atoms with Gasteiger partial charge in [0, 0.05) is 5.56 Å². The number of amides is 1. The zero-order valence-corrected chi connectivity index (χ0v) is 22.5. The van der Waals surface area contributed by atoms with Gasteiger partial charge in [0.25, 0.3) is 5.78 Å². The number of thiazole rings is 1. The van der Waals surface area contributed by atoms with Gasteiger partial charge in [-0.15, -0.1) is 0 Å². The number of aromatic nitrogens is 1. The zero-order chi connectivity index (χ0) is 27.7. The van der Waals surface area contributed by atoms with Gasteiger partial charge in [-0.05, 0) is 55.3 Å². The van der Waals surface area contributed by atoms with Crippen LogP contribution in [0.3, 0.4) is 0 Å². The lowest BCUT2D eigenvalue weighted by molar-refractivity contribution is -0.132. The molecule has 1 N–H and O–H groups in total. The van der Waals surface area contributed by atoms with Crippen LogP contribution in [0.2, 0.25) is 0 Å². The summed E-state index contributed by atoms with van der Waals surface area (Å²) >= 11 is 0.919. The van der Waals surface area contributed by atoms with Gasteiger partial charge in [-0.2, -0.15) is 0 Å². The van der Waals surface area contributed by atoms with E-state index in [9.17, 15) is 19.5 Å². The standard InChI is InChI=1S/C27H26N2O8S/c1-13-11-16(34-3)8-9-17(13)22(30)20-21(15-7-10-18(35-4)19(12-15)36-5)29(25(32)23(20)31)27-28-14(2)24(38-27)26(33)37-6/h7-12,21,30H,1-6H3/t21-/m0/s1. The summed E-state index contributed by atoms with van der Waals surface area (Å²) in [6, 6.07) is 8.83. The van der Waals surface area contributed by atoms with Gasteiger partial charge in [-0.3, -0.25) is 14.5 Å². The summed E-state index contributed by atoms with van der Waals surface area (Å²) < 4.78 is 20.9. The average Bonchev–Trinajstić information content (AvgIpc) is 3.43. The maximum Gasteiger partial charge on any atom is 0.350 e. The predicted octanol–water partition coefficient (Wildman–Crippen LogP) is 4.20. The molecule has 11 heteroatoms. The Kier molecular flexibility index (Phi) is 7.40. The van der Waals surface area contributed by atoms with Crippen molar-refractivity contribution in [2.75, 3.05) is 33.3 Å². The van der Waals surface area contributed by atoms with E-state index in [1.807, 2.05) is 0 Å². The van der Waals surface area contributed by atoms with E-state index in [1.165, 1.54) is 33.3 Å². The molecule has 1 amide bonds. The first-order valence-corrected chi connectivity index (χ1v) is 12.2. The zero-order valence-electron chi connectivity index (χ0n) is 21.6. The number of aliphatic hydroxyl groups excluding tert-OH is 1. The maximum absolute atomic E-state index is 13.5. The van der Waals surface area contributed by atoms with Crippen molar-refractivity contribution in [3.8, 4) is 17.2 Å². The Morgan fingerprint density at radius 2 is 1.68 bits per heavy atom. The largest absolute Gasteiger partial charge is 0.507 e. The van der Waals surface area contributed by atoms with Crippen LogP contribution in [-0.2, 0) is 14.3 Å². The molecule has 1 fully saturated rings. The van der Waals surface area contributed by atoms with E-state index in [-0.39, 0.29) is 21.3 Å². The Hall–Kier alpha value is -4.38. The van der Waals surface area contributed by atoms with Gasteiger partial charge >= 0.3 is 11.9 Å². The van der Waals surface area contributed by atoms with Crippen molar-refractivity contribution in [3.63, 3.8) is 0 Å². The fraction of sp³-hybridized carbons (Fsp3) is 0.259. The Labute approximate surface area is 223 Å². The molecule has 4 rings (SSSR count). The van der Waals surface area contributed by atoms with E-state index >= 15 is 0 Å². The molecule has 1 aromatic heterocycles.